The summed E-state index contributed by atoms with van der Waals surface area (Å²) in [6.07, 6.45) is 2.77. The monoisotopic (exact) mass is 383 g/mol. The van der Waals surface area contributed by atoms with Crippen LogP contribution in [0.25, 0.3) is 6.08 Å². The number of anilines is 1. The van der Waals surface area contributed by atoms with E-state index in [-0.39, 0.29) is 11.5 Å². The van der Waals surface area contributed by atoms with Crippen molar-refractivity contribution in [2.24, 2.45) is 0 Å². The number of carboxylic acid groups (broad SMARTS) is 1. The number of carbonyl (C=O) groups is 2. The average Bonchev–Trinajstić information content (AvgIpc) is 2.89. The minimum absolute atomic E-state index is 0.163. The van der Waals surface area contributed by atoms with Crippen LogP contribution in [0, 0.1) is 6.92 Å². The molecule has 0 unspecified atom stereocenters. The summed E-state index contributed by atoms with van der Waals surface area (Å²) in [6, 6.07) is 12.9. The summed E-state index contributed by atoms with van der Waals surface area (Å²) >= 11 is 6.58. The second kappa shape index (κ2) is 7.43. The van der Waals surface area contributed by atoms with E-state index in [0.29, 0.717) is 20.5 Å². The Bertz CT molecular complexity index is 933. The highest BCUT2D eigenvalue weighted by molar-refractivity contribution is 8.27. The van der Waals surface area contributed by atoms with Crippen LogP contribution in [0.5, 0.6) is 0 Å². The van der Waals surface area contributed by atoms with Crippen molar-refractivity contribution in [2.45, 2.75) is 20.3 Å². The normalized spacial score (nSPS) is 15.8. The van der Waals surface area contributed by atoms with Crippen LogP contribution in [0.4, 0.5) is 5.69 Å². The van der Waals surface area contributed by atoms with Gasteiger partial charge in [-0.25, -0.2) is 4.79 Å². The number of carbonyl (C=O) groups excluding carboxylic acids is 1. The molecule has 3 rings (SSSR count). The predicted octanol–water partition coefficient (Wildman–Crippen LogP) is 4.66. The fourth-order valence-electron chi connectivity index (χ4n) is 2.67. The molecule has 4 nitrogen and oxygen atoms in total. The van der Waals surface area contributed by atoms with Crippen molar-refractivity contribution in [2.75, 3.05) is 4.90 Å². The van der Waals surface area contributed by atoms with Crippen molar-refractivity contribution in [1.82, 2.24) is 0 Å². The van der Waals surface area contributed by atoms with E-state index >= 15 is 0 Å². The maximum atomic E-state index is 12.8. The number of rotatable bonds is 4. The molecule has 132 valence electrons. The molecule has 0 atom stereocenters. The Morgan fingerprint density at radius 3 is 2.54 bits per heavy atom. The molecule has 1 aliphatic heterocycles. The highest BCUT2D eigenvalue weighted by Gasteiger charge is 2.33. The first-order chi connectivity index (χ1) is 12.4. The highest BCUT2D eigenvalue weighted by atomic mass is 32.2. The molecule has 1 fully saturated rings. The summed E-state index contributed by atoms with van der Waals surface area (Å²) in [4.78, 5) is 26.1. The lowest BCUT2D eigenvalue weighted by atomic mass is 10.1. The third-order valence-electron chi connectivity index (χ3n) is 4.19. The van der Waals surface area contributed by atoms with Crippen LogP contribution < -0.4 is 4.90 Å². The van der Waals surface area contributed by atoms with Gasteiger partial charge in [0.25, 0.3) is 5.91 Å². The van der Waals surface area contributed by atoms with E-state index in [9.17, 15) is 14.7 Å². The van der Waals surface area contributed by atoms with Gasteiger partial charge in [-0.3, -0.25) is 9.69 Å². The molecule has 1 heterocycles. The molecule has 2 aromatic rings. The number of nitrogens with zero attached hydrogens (tertiary/aromatic N) is 1. The van der Waals surface area contributed by atoms with Gasteiger partial charge in [-0.05, 0) is 48.2 Å². The largest absolute Gasteiger partial charge is 0.478 e. The SMILES string of the molecule is CCc1ccc(/C=C2\SC(=S)N(c3ccc(C)c(C(=O)O)c3)C2=O)cc1. The fraction of sp³-hybridized carbons (Fsp3) is 0.150. The summed E-state index contributed by atoms with van der Waals surface area (Å²) < 4.78 is 0.395. The molecule has 0 radical (unpaired) electrons. The minimum Gasteiger partial charge on any atom is -0.478 e. The second-order valence-electron chi connectivity index (χ2n) is 5.92. The second-order valence-corrected chi connectivity index (χ2v) is 7.59. The van der Waals surface area contributed by atoms with Crippen LogP contribution in [0.2, 0.25) is 0 Å². The van der Waals surface area contributed by atoms with Crippen molar-refractivity contribution < 1.29 is 14.7 Å². The van der Waals surface area contributed by atoms with Gasteiger partial charge < -0.3 is 5.11 Å². The Morgan fingerprint density at radius 1 is 1.23 bits per heavy atom. The summed E-state index contributed by atoms with van der Waals surface area (Å²) in [5.41, 5.74) is 3.43. The van der Waals surface area contributed by atoms with Gasteiger partial charge in [0.2, 0.25) is 0 Å². The van der Waals surface area contributed by atoms with Crippen LogP contribution in [0.3, 0.4) is 0 Å². The van der Waals surface area contributed by atoms with Crippen LogP contribution in [-0.2, 0) is 11.2 Å². The van der Waals surface area contributed by atoms with Crippen molar-refractivity contribution in [3.8, 4) is 0 Å². The quantitative estimate of drug-likeness (QED) is 0.615. The molecule has 6 heteroatoms. The van der Waals surface area contributed by atoms with Gasteiger partial charge in [0.05, 0.1) is 16.2 Å². The van der Waals surface area contributed by atoms with Crippen LogP contribution in [0.1, 0.15) is 34.0 Å². The summed E-state index contributed by atoms with van der Waals surface area (Å²) in [5, 5.41) is 9.30. The van der Waals surface area contributed by atoms with Gasteiger partial charge in [0, 0.05) is 0 Å². The molecular formula is C20H17NO3S2. The molecule has 0 saturated carbocycles. The number of carboxylic acids is 1. The molecule has 26 heavy (non-hydrogen) atoms. The standard InChI is InChI=1S/C20H17NO3S2/c1-3-13-5-7-14(8-6-13)10-17-18(22)21(20(25)26-17)15-9-4-12(2)16(11-15)19(23)24/h4-11H,3H2,1-2H3,(H,23,24)/b17-10-. The average molecular weight is 383 g/mol. The van der Waals surface area contributed by atoms with E-state index < -0.39 is 5.97 Å². The first kappa shape index (κ1) is 18.4. The zero-order valence-electron chi connectivity index (χ0n) is 14.4. The molecule has 0 spiro atoms. The lowest BCUT2D eigenvalue weighted by molar-refractivity contribution is -0.113. The molecule has 1 aliphatic rings. The van der Waals surface area contributed by atoms with E-state index in [4.69, 9.17) is 12.2 Å². The predicted molar refractivity (Wildman–Crippen MR) is 110 cm³/mol. The van der Waals surface area contributed by atoms with Gasteiger partial charge in [0.1, 0.15) is 0 Å². The van der Waals surface area contributed by atoms with E-state index in [1.165, 1.54) is 28.3 Å². The van der Waals surface area contributed by atoms with Crippen molar-refractivity contribution in [3.05, 3.63) is 69.6 Å². The van der Waals surface area contributed by atoms with Crippen LogP contribution in [-0.4, -0.2) is 21.3 Å². The van der Waals surface area contributed by atoms with Gasteiger partial charge >= 0.3 is 5.97 Å². The highest BCUT2D eigenvalue weighted by Crippen LogP contribution is 2.36. The molecule has 1 N–H and O–H groups in total. The number of amides is 1. The fourth-order valence-corrected chi connectivity index (χ4v) is 3.97. The van der Waals surface area contributed by atoms with E-state index in [1.54, 1.807) is 19.1 Å². The Morgan fingerprint density at radius 2 is 1.92 bits per heavy atom. The zero-order chi connectivity index (χ0) is 18.8. The van der Waals surface area contributed by atoms with E-state index in [2.05, 4.69) is 6.92 Å². The van der Waals surface area contributed by atoms with Gasteiger partial charge in [0.15, 0.2) is 4.32 Å². The number of benzene rings is 2. The van der Waals surface area contributed by atoms with E-state index in [1.807, 2.05) is 30.3 Å². The Kier molecular flexibility index (Phi) is 5.25. The molecule has 0 aliphatic carbocycles. The lowest BCUT2D eigenvalue weighted by Gasteiger charge is -2.15. The molecule has 0 bridgehead atoms. The number of aromatic carboxylic acids is 1. The Labute approximate surface area is 161 Å². The number of hydrogen-bond acceptors (Lipinski definition) is 4. The summed E-state index contributed by atoms with van der Waals surface area (Å²) in [6.45, 7) is 3.81. The topological polar surface area (TPSA) is 57.6 Å². The maximum absolute atomic E-state index is 12.8. The van der Waals surface area contributed by atoms with Crippen molar-refractivity contribution in [3.63, 3.8) is 0 Å². The van der Waals surface area contributed by atoms with Gasteiger partial charge in [-0.2, -0.15) is 0 Å². The minimum atomic E-state index is -1.03. The van der Waals surface area contributed by atoms with Crippen LogP contribution in [0.15, 0.2) is 47.4 Å². The smallest absolute Gasteiger partial charge is 0.336 e. The molecular weight excluding hydrogens is 366 g/mol. The Balaban J connectivity index is 1.92. The summed E-state index contributed by atoms with van der Waals surface area (Å²) in [5.74, 6) is -1.26. The van der Waals surface area contributed by atoms with E-state index in [0.717, 1.165) is 12.0 Å². The third-order valence-corrected chi connectivity index (χ3v) is 5.49. The summed E-state index contributed by atoms with van der Waals surface area (Å²) in [7, 11) is 0. The lowest BCUT2D eigenvalue weighted by Crippen LogP contribution is -2.27. The van der Waals surface area contributed by atoms with Crippen LogP contribution >= 0.6 is 24.0 Å². The molecule has 0 aromatic heterocycles. The first-order valence-electron chi connectivity index (χ1n) is 8.11. The third kappa shape index (κ3) is 3.57. The van der Waals surface area contributed by atoms with Gasteiger partial charge in [-0.15, -0.1) is 0 Å². The molecule has 1 saturated heterocycles. The van der Waals surface area contributed by atoms with Gasteiger partial charge in [-0.1, -0.05) is 61.2 Å². The maximum Gasteiger partial charge on any atom is 0.336 e. The number of thiocarbonyl (C=S) groups is 1. The number of hydrogen-bond donors (Lipinski definition) is 1. The molecule has 1 amide bonds. The molecule has 2 aromatic carbocycles. The zero-order valence-corrected chi connectivity index (χ0v) is 16.0. The van der Waals surface area contributed by atoms with Crippen molar-refractivity contribution in [1.29, 1.82) is 0 Å². The first-order valence-corrected chi connectivity index (χ1v) is 9.34. The number of aryl methyl sites for hydroxylation is 2. The van der Waals surface area contributed by atoms with Crippen molar-refractivity contribution >= 4 is 51.9 Å². The Hall–Kier alpha value is -2.44. The number of thioether (sulfide) groups is 1.